The van der Waals surface area contributed by atoms with E-state index in [-0.39, 0.29) is 16.0 Å². The Bertz CT molecular complexity index is 821. The molecular formula is C23H35N3OSi. The van der Waals surface area contributed by atoms with Crippen LogP contribution in [0, 0.1) is 5.41 Å². The van der Waals surface area contributed by atoms with E-state index in [4.69, 9.17) is 4.43 Å². The highest BCUT2D eigenvalue weighted by Crippen LogP contribution is 2.44. The van der Waals surface area contributed by atoms with Crippen LogP contribution in [0.4, 0.5) is 0 Å². The molecule has 2 heterocycles. The fourth-order valence-electron chi connectivity index (χ4n) is 3.52. The number of nitrogens with zero attached hydrogens (tertiary/aromatic N) is 2. The molecule has 1 N–H and O–H groups in total. The number of aryl methyl sites for hydroxylation is 1. The van der Waals surface area contributed by atoms with Gasteiger partial charge in [0.25, 0.3) is 0 Å². The Morgan fingerprint density at radius 2 is 2.00 bits per heavy atom. The molecule has 1 aliphatic rings. The lowest BCUT2D eigenvalue weighted by Crippen LogP contribution is -2.49. The van der Waals surface area contributed by atoms with Gasteiger partial charge in [-0.25, -0.2) is 0 Å². The van der Waals surface area contributed by atoms with Crippen molar-refractivity contribution in [3.05, 3.63) is 41.7 Å². The SMILES string of the molecule is CCn1cc(-c2cccc3c2CCNC3(C)CO[Si]C(C)(C)C(C)(C)C)cn1. The van der Waals surface area contributed by atoms with Crippen LogP contribution < -0.4 is 5.32 Å². The van der Waals surface area contributed by atoms with Crippen LogP contribution in [-0.4, -0.2) is 32.7 Å². The molecular weight excluding hydrogens is 362 g/mol. The van der Waals surface area contributed by atoms with Gasteiger partial charge in [0.15, 0.2) is 0 Å². The quantitative estimate of drug-likeness (QED) is 0.711. The Kier molecular flexibility index (Phi) is 5.90. The van der Waals surface area contributed by atoms with Crippen LogP contribution >= 0.6 is 0 Å². The zero-order chi connectivity index (χ0) is 20.6. The predicted molar refractivity (Wildman–Crippen MR) is 118 cm³/mol. The molecule has 152 valence electrons. The van der Waals surface area contributed by atoms with Gasteiger partial charge in [0, 0.05) is 24.8 Å². The Labute approximate surface area is 173 Å². The Morgan fingerprint density at radius 1 is 1.25 bits per heavy atom. The lowest BCUT2D eigenvalue weighted by Gasteiger charge is -2.41. The molecule has 0 fully saturated rings. The minimum Gasteiger partial charge on any atom is -0.415 e. The van der Waals surface area contributed by atoms with E-state index in [9.17, 15) is 0 Å². The van der Waals surface area contributed by atoms with Crippen LogP contribution in [0.15, 0.2) is 30.6 Å². The molecule has 0 spiro atoms. The van der Waals surface area contributed by atoms with Gasteiger partial charge in [-0.05, 0) is 47.4 Å². The normalized spacial score (nSPS) is 20.2. The number of hydrogen-bond acceptors (Lipinski definition) is 3. The molecule has 0 saturated carbocycles. The molecule has 1 aromatic carbocycles. The van der Waals surface area contributed by atoms with Gasteiger partial charge in [0.1, 0.15) is 0 Å². The van der Waals surface area contributed by atoms with Crippen molar-refractivity contribution in [1.29, 1.82) is 0 Å². The standard InChI is InChI=1S/C23H35N3OSi/c1-8-26-15-17(14-25-26)18-10-9-11-20-19(18)12-13-24-23(20,7)16-27-28-22(5,6)21(2,3)4/h9-11,14-15,24H,8,12-13,16H2,1-7H3. The van der Waals surface area contributed by atoms with E-state index in [1.54, 1.807) is 0 Å². The number of nitrogens with one attached hydrogen (secondary N) is 1. The van der Waals surface area contributed by atoms with Gasteiger partial charge in [0.05, 0.1) is 18.3 Å². The zero-order valence-electron chi connectivity index (χ0n) is 18.5. The summed E-state index contributed by atoms with van der Waals surface area (Å²) in [5, 5.41) is 8.35. The summed E-state index contributed by atoms with van der Waals surface area (Å²) in [5.74, 6) is 0. The summed E-state index contributed by atoms with van der Waals surface area (Å²) in [4.78, 5) is 0. The van der Waals surface area contributed by atoms with Crippen LogP contribution in [0.5, 0.6) is 0 Å². The maximum absolute atomic E-state index is 6.34. The fourth-order valence-corrected chi connectivity index (χ4v) is 4.55. The highest BCUT2D eigenvalue weighted by atomic mass is 28.2. The van der Waals surface area contributed by atoms with Crippen LogP contribution in [0.25, 0.3) is 11.1 Å². The highest BCUT2D eigenvalue weighted by molar-refractivity contribution is 6.32. The molecule has 2 radical (unpaired) electrons. The van der Waals surface area contributed by atoms with E-state index in [0.29, 0.717) is 16.4 Å². The van der Waals surface area contributed by atoms with Gasteiger partial charge >= 0.3 is 0 Å². The third kappa shape index (κ3) is 4.12. The van der Waals surface area contributed by atoms with E-state index < -0.39 is 0 Å². The van der Waals surface area contributed by atoms with Gasteiger partial charge in [-0.1, -0.05) is 52.8 Å². The Hall–Kier alpha value is -1.43. The predicted octanol–water partition coefficient (Wildman–Crippen LogP) is 4.81. The minimum atomic E-state index is -0.161. The van der Waals surface area contributed by atoms with Gasteiger partial charge in [-0.15, -0.1) is 0 Å². The number of benzene rings is 1. The summed E-state index contributed by atoms with van der Waals surface area (Å²) in [6.07, 6.45) is 5.18. The van der Waals surface area contributed by atoms with Crippen molar-refractivity contribution in [3.8, 4) is 11.1 Å². The van der Waals surface area contributed by atoms with Crippen molar-refractivity contribution >= 4 is 9.76 Å². The second-order valence-corrected chi connectivity index (χ2v) is 11.4. The van der Waals surface area contributed by atoms with Crippen LogP contribution in [0.3, 0.4) is 0 Å². The lowest BCUT2D eigenvalue weighted by molar-refractivity contribution is 0.174. The molecule has 5 heteroatoms. The Balaban J connectivity index is 1.84. The van der Waals surface area contributed by atoms with Crippen molar-refractivity contribution < 1.29 is 4.43 Å². The molecule has 1 aromatic heterocycles. The van der Waals surface area contributed by atoms with E-state index in [1.807, 2.05) is 10.9 Å². The second kappa shape index (κ2) is 7.77. The van der Waals surface area contributed by atoms with E-state index >= 15 is 0 Å². The summed E-state index contributed by atoms with van der Waals surface area (Å²) < 4.78 is 8.33. The van der Waals surface area contributed by atoms with Crippen molar-refractivity contribution in [2.45, 2.75) is 72.0 Å². The summed E-state index contributed by atoms with van der Waals surface area (Å²) >= 11 is 0. The van der Waals surface area contributed by atoms with Crippen molar-refractivity contribution in [1.82, 2.24) is 15.1 Å². The minimum absolute atomic E-state index is 0.150. The number of aromatic nitrogens is 2. The monoisotopic (exact) mass is 397 g/mol. The average molecular weight is 398 g/mol. The summed E-state index contributed by atoms with van der Waals surface area (Å²) in [6, 6.07) is 6.66. The summed E-state index contributed by atoms with van der Waals surface area (Å²) in [7, 11) is 0.473. The van der Waals surface area contributed by atoms with E-state index in [2.05, 4.69) is 83.3 Å². The van der Waals surface area contributed by atoms with Gasteiger partial charge in [-0.3, -0.25) is 4.68 Å². The van der Waals surface area contributed by atoms with Gasteiger partial charge in [0.2, 0.25) is 9.76 Å². The van der Waals surface area contributed by atoms with E-state index in [0.717, 1.165) is 19.5 Å². The zero-order valence-corrected chi connectivity index (χ0v) is 19.5. The van der Waals surface area contributed by atoms with Crippen molar-refractivity contribution in [2.24, 2.45) is 5.41 Å². The van der Waals surface area contributed by atoms with E-state index in [1.165, 1.54) is 22.3 Å². The highest BCUT2D eigenvalue weighted by Gasteiger charge is 2.37. The maximum Gasteiger partial charge on any atom is 0.236 e. The van der Waals surface area contributed by atoms with Crippen LogP contribution in [0.1, 0.15) is 59.6 Å². The molecule has 0 aliphatic carbocycles. The summed E-state index contributed by atoms with van der Waals surface area (Å²) in [6.45, 7) is 18.4. The first-order chi connectivity index (χ1) is 13.1. The molecule has 4 nitrogen and oxygen atoms in total. The molecule has 28 heavy (non-hydrogen) atoms. The fraction of sp³-hybridized carbons (Fsp3) is 0.609. The van der Waals surface area contributed by atoms with Crippen LogP contribution in [-0.2, 0) is 22.9 Å². The van der Waals surface area contributed by atoms with Gasteiger partial charge < -0.3 is 9.74 Å². The number of hydrogen-bond donors (Lipinski definition) is 1. The number of rotatable bonds is 6. The first-order valence-electron chi connectivity index (χ1n) is 10.4. The average Bonchev–Trinajstić information content (AvgIpc) is 3.09. The molecule has 0 amide bonds. The van der Waals surface area contributed by atoms with Crippen molar-refractivity contribution in [3.63, 3.8) is 0 Å². The van der Waals surface area contributed by atoms with Crippen molar-refractivity contribution in [2.75, 3.05) is 13.2 Å². The second-order valence-electron chi connectivity index (χ2n) is 9.69. The summed E-state index contributed by atoms with van der Waals surface area (Å²) in [5.41, 5.74) is 5.37. The molecule has 1 unspecified atom stereocenters. The molecule has 0 bridgehead atoms. The smallest absolute Gasteiger partial charge is 0.236 e. The molecule has 1 aliphatic heterocycles. The number of fused-ring (bicyclic) bond motifs is 1. The first kappa shape index (κ1) is 21.3. The van der Waals surface area contributed by atoms with Crippen LogP contribution in [0.2, 0.25) is 5.04 Å². The first-order valence-corrected chi connectivity index (χ1v) is 11.3. The molecule has 0 saturated heterocycles. The molecule has 1 atom stereocenters. The lowest BCUT2D eigenvalue weighted by atomic mass is 9.81. The third-order valence-electron chi connectivity index (χ3n) is 6.49. The largest absolute Gasteiger partial charge is 0.415 e. The molecule has 2 aromatic rings. The topological polar surface area (TPSA) is 39.1 Å². The van der Waals surface area contributed by atoms with Gasteiger partial charge in [-0.2, -0.15) is 5.10 Å². The third-order valence-corrected chi connectivity index (χ3v) is 8.04. The Morgan fingerprint density at radius 3 is 2.64 bits per heavy atom. The molecule has 3 rings (SSSR count). The maximum atomic E-state index is 6.34.